The molecule has 3 aromatic rings. The van der Waals surface area contributed by atoms with Crippen molar-refractivity contribution in [1.29, 1.82) is 0 Å². The Morgan fingerprint density at radius 1 is 0.556 bits per heavy atom. The fraction of sp³-hybridized carbons (Fsp3) is 0.429. The van der Waals surface area contributed by atoms with Crippen molar-refractivity contribution >= 4 is 25.2 Å². The molecule has 2 aliphatic rings. The number of rotatable bonds is 4. The van der Waals surface area contributed by atoms with Crippen LogP contribution < -0.4 is 10.9 Å². The van der Waals surface area contributed by atoms with Crippen LogP contribution in [-0.2, 0) is 18.6 Å². The second kappa shape index (κ2) is 8.52. The summed E-state index contributed by atoms with van der Waals surface area (Å²) >= 11 is 0. The molecule has 0 bridgehead atoms. The Morgan fingerprint density at radius 3 is 1.50 bits per heavy atom. The van der Waals surface area contributed by atoms with Crippen molar-refractivity contribution in [2.75, 3.05) is 0 Å². The normalized spacial score (nSPS) is 21.7. The summed E-state index contributed by atoms with van der Waals surface area (Å²) in [7, 11) is -1.04. The minimum Gasteiger partial charge on any atom is -0.399 e. The van der Waals surface area contributed by atoms with E-state index in [0.29, 0.717) is 0 Å². The van der Waals surface area contributed by atoms with Crippen LogP contribution in [0, 0.1) is 0 Å². The average Bonchev–Trinajstić information content (AvgIpc) is 3.19. The Morgan fingerprint density at radius 2 is 1.03 bits per heavy atom. The van der Waals surface area contributed by atoms with Crippen molar-refractivity contribution in [2.45, 2.75) is 77.8 Å². The Hall–Kier alpha value is -2.51. The summed E-state index contributed by atoms with van der Waals surface area (Å²) in [5.74, 6) is 0. The van der Waals surface area contributed by atoms with Crippen LogP contribution in [0.4, 0.5) is 0 Å². The van der Waals surface area contributed by atoms with E-state index in [9.17, 15) is 0 Å². The fourth-order valence-electron chi connectivity index (χ4n) is 4.31. The van der Waals surface area contributed by atoms with Gasteiger partial charge in [-0.1, -0.05) is 30.3 Å². The smallest absolute Gasteiger partial charge is 0.399 e. The second-order valence-electron chi connectivity index (χ2n) is 11.7. The number of benzene rings is 1. The average molecular weight is 484 g/mol. The van der Waals surface area contributed by atoms with E-state index in [0.717, 1.165) is 33.6 Å². The lowest BCUT2D eigenvalue weighted by Crippen LogP contribution is -2.41. The summed E-state index contributed by atoms with van der Waals surface area (Å²) in [6.45, 7) is 16.5. The topological polar surface area (TPSA) is 62.7 Å². The molecular weight excluding hydrogens is 450 g/mol. The SMILES string of the molecule is CC1(C)OB(c2cc(B3OC(C)(C)C(C)(C)O3)cc(-c3cccc(-c4ccccn4)n3)c2)OC1(C)C. The number of pyridine rings is 2. The molecule has 6 nitrogen and oxygen atoms in total. The van der Waals surface area contributed by atoms with E-state index >= 15 is 0 Å². The minimum atomic E-state index is -0.518. The number of aromatic nitrogens is 2. The molecule has 36 heavy (non-hydrogen) atoms. The molecule has 4 heterocycles. The first-order valence-electron chi connectivity index (χ1n) is 12.5. The van der Waals surface area contributed by atoms with Gasteiger partial charge in [0.1, 0.15) is 0 Å². The first-order valence-corrected chi connectivity index (χ1v) is 12.5. The Bertz CT molecular complexity index is 1190. The molecule has 5 rings (SSSR count). The first kappa shape index (κ1) is 25.2. The van der Waals surface area contributed by atoms with E-state index in [-0.39, 0.29) is 0 Å². The Kier molecular flexibility index (Phi) is 5.95. The fourth-order valence-corrected chi connectivity index (χ4v) is 4.31. The molecule has 1 aromatic carbocycles. The zero-order valence-electron chi connectivity index (χ0n) is 22.5. The van der Waals surface area contributed by atoms with Gasteiger partial charge in [-0.25, -0.2) is 4.98 Å². The standard InChI is InChI=1S/C28H34B2N2O4/c1-25(2)26(3,4)34-29(33-25)20-16-19(17-21(18-20)30-35-27(5,6)28(7,8)36-30)22-13-11-14-24(32-22)23-12-9-10-15-31-23/h9-18H,1-8H3. The molecule has 2 fully saturated rings. The van der Waals surface area contributed by atoms with Gasteiger partial charge in [0.2, 0.25) is 0 Å². The van der Waals surface area contributed by atoms with Gasteiger partial charge in [-0.05, 0) is 96.1 Å². The lowest BCUT2D eigenvalue weighted by molar-refractivity contribution is 0.00578. The zero-order chi connectivity index (χ0) is 25.9. The molecule has 186 valence electrons. The van der Waals surface area contributed by atoms with Crippen molar-refractivity contribution in [3.8, 4) is 22.6 Å². The first-order chi connectivity index (χ1) is 16.8. The predicted octanol–water partition coefficient (Wildman–Crippen LogP) is 4.41. The number of hydrogen-bond donors (Lipinski definition) is 0. The summed E-state index contributed by atoms with van der Waals surface area (Å²) < 4.78 is 25.6. The van der Waals surface area contributed by atoms with Gasteiger partial charge in [0, 0.05) is 6.20 Å². The highest BCUT2D eigenvalue weighted by Crippen LogP contribution is 2.38. The maximum atomic E-state index is 6.40. The van der Waals surface area contributed by atoms with E-state index in [2.05, 4.69) is 78.6 Å². The molecule has 0 atom stereocenters. The quantitative estimate of drug-likeness (QED) is 0.512. The molecular formula is C28H34B2N2O4. The van der Waals surface area contributed by atoms with Crippen molar-refractivity contribution in [3.05, 3.63) is 60.8 Å². The highest BCUT2D eigenvalue weighted by Gasteiger charge is 2.54. The Labute approximate surface area is 215 Å². The van der Waals surface area contributed by atoms with E-state index in [1.54, 1.807) is 6.20 Å². The van der Waals surface area contributed by atoms with Gasteiger partial charge in [-0.15, -0.1) is 0 Å². The highest BCUT2D eigenvalue weighted by atomic mass is 16.7. The largest absolute Gasteiger partial charge is 0.494 e. The molecule has 2 aliphatic heterocycles. The summed E-state index contributed by atoms with van der Waals surface area (Å²) in [6.07, 6.45) is 1.78. The van der Waals surface area contributed by atoms with E-state index in [1.807, 2.05) is 36.4 Å². The van der Waals surface area contributed by atoms with E-state index < -0.39 is 36.6 Å². The molecule has 0 spiro atoms. The van der Waals surface area contributed by atoms with E-state index in [4.69, 9.17) is 23.6 Å². The van der Waals surface area contributed by atoms with Crippen LogP contribution in [0.1, 0.15) is 55.4 Å². The van der Waals surface area contributed by atoms with Gasteiger partial charge < -0.3 is 18.6 Å². The third-order valence-electron chi connectivity index (χ3n) is 8.00. The molecule has 0 aliphatic carbocycles. The zero-order valence-corrected chi connectivity index (χ0v) is 22.5. The van der Waals surface area contributed by atoms with Crippen molar-refractivity contribution in [1.82, 2.24) is 9.97 Å². The van der Waals surface area contributed by atoms with Crippen LogP contribution in [0.5, 0.6) is 0 Å². The molecule has 0 radical (unpaired) electrons. The molecule has 0 unspecified atom stereocenters. The monoisotopic (exact) mass is 484 g/mol. The maximum Gasteiger partial charge on any atom is 0.494 e. The molecule has 2 aromatic heterocycles. The molecule has 2 saturated heterocycles. The third kappa shape index (κ3) is 4.41. The van der Waals surface area contributed by atoms with Crippen molar-refractivity contribution in [2.24, 2.45) is 0 Å². The predicted molar refractivity (Wildman–Crippen MR) is 144 cm³/mol. The van der Waals surface area contributed by atoms with Gasteiger partial charge in [0.05, 0.1) is 39.5 Å². The van der Waals surface area contributed by atoms with Gasteiger partial charge >= 0.3 is 14.2 Å². The highest BCUT2D eigenvalue weighted by molar-refractivity contribution is 6.66. The van der Waals surface area contributed by atoms with Gasteiger partial charge in [-0.2, -0.15) is 0 Å². The third-order valence-corrected chi connectivity index (χ3v) is 8.00. The van der Waals surface area contributed by atoms with Gasteiger partial charge in [0.25, 0.3) is 0 Å². The lowest BCUT2D eigenvalue weighted by atomic mass is 9.70. The summed E-state index contributed by atoms with van der Waals surface area (Å²) in [5, 5.41) is 0. The van der Waals surface area contributed by atoms with Crippen molar-refractivity contribution in [3.63, 3.8) is 0 Å². The molecule has 0 N–H and O–H groups in total. The number of nitrogens with zero attached hydrogens (tertiary/aromatic N) is 2. The molecule has 0 amide bonds. The maximum absolute atomic E-state index is 6.40. The van der Waals surface area contributed by atoms with Gasteiger partial charge in [-0.3, -0.25) is 4.98 Å². The van der Waals surface area contributed by atoms with Crippen LogP contribution in [0.25, 0.3) is 22.6 Å². The number of hydrogen-bond acceptors (Lipinski definition) is 6. The van der Waals surface area contributed by atoms with Gasteiger partial charge in [0.15, 0.2) is 0 Å². The van der Waals surface area contributed by atoms with Crippen LogP contribution in [0.2, 0.25) is 0 Å². The Balaban J connectivity index is 1.60. The van der Waals surface area contributed by atoms with Crippen LogP contribution in [0.3, 0.4) is 0 Å². The summed E-state index contributed by atoms with van der Waals surface area (Å²) in [5.41, 5.74) is 3.41. The van der Waals surface area contributed by atoms with Crippen molar-refractivity contribution < 1.29 is 18.6 Å². The summed E-state index contributed by atoms with van der Waals surface area (Å²) in [4.78, 5) is 9.40. The molecule has 0 saturated carbocycles. The van der Waals surface area contributed by atoms with E-state index in [1.165, 1.54) is 0 Å². The van der Waals surface area contributed by atoms with Crippen LogP contribution in [-0.4, -0.2) is 46.6 Å². The summed E-state index contributed by atoms with van der Waals surface area (Å²) in [6, 6.07) is 18.0. The molecule has 8 heteroatoms. The lowest BCUT2D eigenvalue weighted by Gasteiger charge is -2.32. The van der Waals surface area contributed by atoms with Crippen LogP contribution in [0.15, 0.2) is 60.8 Å². The second-order valence-corrected chi connectivity index (χ2v) is 11.7. The van der Waals surface area contributed by atoms with Crippen LogP contribution >= 0.6 is 0 Å². The minimum absolute atomic E-state index is 0.449.